The summed E-state index contributed by atoms with van der Waals surface area (Å²) in [5.41, 5.74) is 0. The molecule has 0 fully saturated rings. The third kappa shape index (κ3) is 7.32. The highest BCUT2D eigenvalue weighted by Crippen LogP contribution is 1.95. The zero-order chi connectivity index (χ0) is 9.40. The molecule has 4 heteroatoms. The molecule has 0 saturated heterocycles. The Hall–Kier alpha value is -0.790. The lowest BCUT2D eigenvalue weighted by Gasteiger charge is -2.02. The largest absolute Gasteiger partial charge is 0.350 e. The molecule has 0 rings (SSSR count). The predicted molar refractivity (Wildman–Crippen MR) is 52.8 cm³/mol. The van der Waals surface area contributed by atoms with Gasteiger partial charge in [-0.15, -0.1) is 6.42 Å². The van der Waals surface area contributed by atoms with Crippen LogP contribution in [0.4, 0.5) is 0 Å². The van der Waals surface area contributed by atoms with Crippen molar-refractivity contribution in [1.82, 2.24) is 10.6 Å². The van der Waals surface area contributed by atoms with Crippen LogP contribution in [0.5, 0.6) is 0 Å². The van der Waals surface area contributed by atoms with Crippen LogP contribution >= 0.6 is 15.9 Å². The summed E-state index contributed by atoms with van der Waals surface area (Å²) >= 11 is 3.12. The fourth-order valence-corrected chi connectivity index (χ4v) is 0.645. The number of carbonyl (C=O) groups is 1. The van der Waals surface area contributed by atoms with Gasteiger partial charge in [-0.2, -0.15) is 0 Å². The summed E-state index contributed by atoms with van der Waals surface area (Å²) in [5.74, 6) is 2.28. The Labute approximate surface area is 80.7 Å². The van der Waals surface area contributed by atoms with Gasteiger partial charge >= 0.3 is 0 Å². The van der Waals surface area contributed by atoms with Crippen molar-refractivity contribution in [2.45, 2.75) is 0 Å². The van der Waals surface area contributed by atoms with Crippen LogP contribution < -0.4 is 10.6 Å². The van der Waals surface area contributed by atoms with E-state index in [0.29, 0.717) is 13.1 Å². The maximum Gasteiger partial charge on any atom is 0.234 e. The third-order valence-electron chi connectivity index (χ3n) is 0.990. The highest BCUT2D eigenvalue weighted by atomic mass is 79.9. The molecule has 0 saturated carbocycles. The Balaban J connectivity index is 3.35. The van der Waals surface area contributed by atoms with Crippen LogP contribution in [-0.2, 0) is 4.79 Å². The number of nitrogens with one attached hydrogen (secondary N) is 2. The molecule has 3 nitrogen and oxygen atoms in total. The minimum atomic E-state index is -0.0918. The Kier molecular flexibility index (Phi) is 6.44. The van der Waals surface area contributed by atoms with Crippen LogP contribution in [-0.4, -0.2) is 25.5 Å². The van der Waals surface area contributed by atoms with E-state index in [1.165, 1.54) is 0 Å². The number of rotatable bonds is 5. The molecule has 1 amide bonds. The number of amides is 1. The average molecular weight is 231 g/mol. The number of terminal acetylenes is 1. The second-order valence-corrected chi connectivity index (χ2v) is 3.22. The van der Waals surface area contributed by atoms with E-state index in [-0.39, 0.29) is 12.5 Å². The molecule has 12 heavy (non-hydrogen) atoms. The Morgan fingerprint density at radius 1 is 1.58 bits per heavy atom. The zero-order valence-electron chi connectivity index (χ0n) is 6.69. The van der Waals surface area contributed by atoms with Gasteiger partial charge < -0.3 is 5.32 Å². The van der Waals surface area contributed by atoms with Crippen molar-refractivity contribution >= 4 is 21.8 Å². The molecule has 0 aliphatic heterocycles. The van der Waals surface area contributed by atoms with Crippen molar-refractivity contribution in [3.8, 4) is 12.3 Å². The maximum absolute atomic E-state index is 10.9. The van der Waals surface area contributed by atoms with Gasteiger partial charge in [-0.1, -0.05) is 28.4 Å². The molecule has 0 aromatic heterocycles. The molecule has 0 spiro atoms. The van der Waals surface area contributed by atoms with Crippen LogP contribution in [0.3, 0.4) is 0 Å². The van der Waals surface area contributed by atoms with E-state index in [2.05, 4.69) is 39.1 Å². The monoisotopic (exact) mass is 230 g/mol. The molecule has 0 heterocycles. The van der Waals surface area contributed by atoms with Crippen molar-refractivity contribution in [3.63, 3.8) is 0 Å². The minimum Gasteiger partial charge on any atom is -0.350 e. The molecule has 0 aliphatic rings. The van der Waals surface area contributed by atoms with E-state index < -0.39 is 0 Å². The first-order valence-electron chi connectivity index (χ1n) is 3.41. The summed E-state index contributed by atoms with van der Waals surface area (Å²) in [6, 6.07) is 0. The van der Waals surface area contributed by atoms with E-state index in [1.54, 1.807) is 0 Å². The molecule has 2 N–H and O–H groups in total. The van der Waals surface area contributed by atoms with Gasteiger partial charge in [-0.05, 0) is 0 Å². The van der Waals surface area contributed by atoms with Gasteiger partial charge in [-0.25, -0.2) is 0 Å². The summed E-state index contributed by atoms with van der Waals surface area (Å²) in [4.78, 5) is 10.9. The predicted octanol–water partition coefficient (Wildman–Crippen LogP) is 0.234. The maximum atomic E-state index is 10.9. The van der Waals surface area contributed by atoms with Crippen molar-refractivity contribution in [1.29, 1.82) is 0 Å². The molecule has 0 aliphatic carbocycles. The molecule has 0 radical (unpaired) electrons. The number of hydrogen-bond acceptors (Lipinski definition) is 2. The SMILES string of the molecule is C#CCNCC(=O)NCC(=C)Br. The molecule has 0 bridgehead atoms. The lowest BCUT2D eigenvalue weighted by atomic mass is 10.5. The molecule has 0 unspecified atom stereocenters. The van der Waals surface area contributed by atoms with Gasteiger partial charge in [0.05, 0.1) is 13.1 Å². The van der Waals surface area contributed by atoms with Crippen molar-refractivity contribution < 1.29 is 4.79 Å². The topological polar surface area (TPSA) is 41.1 Å². The molecular formula is C8H11BrN2O. The van der Waals surface area contributed by atoms with Gasteiger partial charge in [0, 0.05) is 11.0 Å². The first-order chi connectivity index (χ1) is 5.66. The summed E-state index contributed by atoms with van der Waals surface area (Å²) in [6.07, 6.45) is 4.97. The smallest absolute Gasteiger partial charge is 0.234 e. The Morgan fingerprint density at radius 2 is 2.25 bits per heavy atom. The highest BCUT2D eigenvalue weighted by Gasteiger charge is 1.97. The van der Waals surface area contributed by atoms with Crippen molar-refractivity contribution in [2.24, 2.45) is 0 Å². The Bertz CT molecular complexity index is 208. The van der Waals surface area contributed by atoms with Gasteiger partial charge in [0.15, 0.2) is 0 Å². The second-order valence-electron chi connectivity index (χ2n) is 2.10. The molecule has 66 valence electrons. The lowest BCUT2D eigenvalue weighted by Crippen LogP contribution is -2.34. The van der Waals surface area contributed by atoms with E-state index in [9.17, 15) is 4.79 Å². The van der Waals surface area contributed by atoms with E-state index in [4.69, 9.17) is 6.42 Å². The van der Waals surface area contributed by atoms with Crippen LogP contribution in [0, 0.1) is 12.3 Å². The normalized spacial score (nSPS) is 8.67. The van der Waals surface area contributed by atoms with Crippen molar-refractivity contribution in [2.75, 3.05) is 19.6 Å². The van der Waals surface area contributed by atoms with Crippen LogP contribution in [0.15, 0.2) is 11.1 Å². The van der Waals surface area contributed by atoms with Gasteiger partial charge in [0.1, 0.15) is 0 Å². The van der Waals surface area contributed by atoms with Crippen LogP contribution in [0.2, 0.25) is 0 Å². The first-order valence-corrected chi connectivity index (χ1v) is 4.20. The summed E-state index contributed by atoms with van der Waals surface area (Å²) in [7, 11) is 0. The standard InChI is InChI=1S/C8H11BrN2O/c1-3-4-10-6-8(12)11-5-7(2)9/h1,10H,2,4-6H2,(H,11,12). The molecule has 0 aromatic carbocycles. The average Bonchev–Trinajstić information content (AvgIpc) is 2.01. The first kappa shape index (κ1) is 11.2. The zero-order valence-corrected chi connectivity index (χ0v) is 8.28. The fraction of sp³-hybridized carbons (Fsp3) is 0.375. The third-order valence-corrected chi connectivity index (χ3v) is 1.27. The van der Waals surface area contributed by atoms with E-state index in [1.807, 2.05) is 0 Å². The number of hydrogen-bond donors (Lipinski definition) is 2. The minimum absolute atomic E-state index is 0.0918. The molecule has 0 aromatic rings. The van der Waals surface area contributed by atoms with Crippen molar-refractivity contribution in [3.05, 3.63) is 11.1 Å². The molecular weight excluding hydrogens is 220 g/mol. The summed E-state index contributed by atoms with van der Waals surface area (Å²) in [5, 5.41) is 5.39. The quantitative estimate of drug-likeness (QED) is 0.525. The summed E-state index contributed by atoms with van der Waals surface area (Å²) < 4.78 is 0.743. The molecule has 0 atom stereocenters. The van der Waals surface area contributed by atoms with Gasteiger partial charge in [0.25, 0.3) is 0 Å². The van der Waals surface area contributed by atoms with Gasteiger partial charge in [0.2, 0.25) is 5.91 Å². The van der Waals surface area contributed by atoms with Crippen LogP contribution in [0.25, 0.3) is 0 Å². The van der Waals surface area contributed by atoms with E-state index >= 15 is 0 Å². The van der Waals surface area contributed by atoms with E-state index in [0.717, 1.165) is 4.48 Å². The fourth-order valence-electron chi connectivity index (χ4n) is 0.505. The number of halogens is 1. The number of carbonyl (C=O) groups excluding carboxylic acids is 1. The lowest BCUT2D eigenvalue weighted by molar-refractivity contribution is -0.120. The summed E-state index contributed by atoms with van der Waals surface area (Å²) in [6.45, 7) is 4.66. The highest BCUT2D eigenvalue weighted by molar-refractivity contribution is 9.11. The second kappa shape index (κ2) is 6.89. The van der Waals surface area contributed by atoms with Crippen LogP contribution in [0.1, 0.15) is 0 Å². The van der Waals surface area contributed by atoms with Gasteiger partial charge in [-0.3, -0.25) is 10.1 Å². The Morgan fingerprint density at radius 3 is 2.75 bits per heavy atom.